The lowest BCUT2D eigenvalue weighted by atomic mass is 10.2. The highest BCUT2D eigenvalue weighted by molar-refractivity contribution is 7.15. The molecule has 3 rings (SSSR count). The maximum absolute atomic E-state index is 5.34. The molecule has 1 aromatic heterocycles. The summed E-state index contributed by atoms with van der Waals surface area (Å²) in [5, 5.41) is 4.81. The van der Waals surface area contributed by atoms with E-state index in [1.165, 1.54) is 42.1 Å². The Balaban J connectivity index is 1.78. The molecule has 1 N–H and O–H groups in total. The quantitative estimate of drug-likeness (QED) is 0.838. The third-order valence-corrected chi connectivity index (χ3v) is 5.77. The van der Waals surface area contributed by atoms with Gasteiger partial charge in [0, 0.05) is 36.7 Å². The topological polar surface area (TPSA) is 37.4 Å². The van der Waals surface area contributed by atoms with Gasteiger partial charge in [-0.25, -0.2) is 4.98 Å². The Morgan fingerprint density at radius 2 is 2.14 bits per heavy atom. The van der Waals surface area contributed by atoms with Crippen LogP contribution < -0.4 is 10.2 Å². The van der Waals surface area contributed by atoms with Crippen molar-refractivity contribution in [2.75, 3.05) is 12.0 Å². The Hall–Kier alpha value is -0.650. The summed E-state index contributed by atoms with van der Waals surface area (Å²) in [6, 6.07) is 2.01. The van der Waals surface area contributed by atoms with Crippen LogP contribution in [-0.2, 0) is 17.9 Å². The lowest BCUT2D eigenvalue weighted by molar-refractivity contribution is 0.181. The second-order valence-electron chi connectivity index (χ2n) is 6.35. The van der Waals surface area contributed by atoms with Gasteiger partial charge in [-0.1, -0.05) is 6.92 Å². The third kappa shape index (κ3) is 3.41. The van der Waals surface area contributed by atoms with Crippen LogP contribution in [0.1, 0.15) is 56.5 Å². The van der Waals surface area contributed by atoms with Gasteiger partial charge in [-0.3, -0.25) is 0 Å². The number of ether oxygens (including phenoxy) is 1. The molecule has 1 saturated heterocycles. The minimum absolute atomic E-state index is 0.612. The summed E-state index contributed by atoms with van der Waals surface area (Å²) in [6.45, 7) is 6.18. The van der Waals surface area contributed by atoms with E-state index in [0.29, 0.717) is 18.7 Å². The highest BCUT2D eigenvalue weighted by Crippen LogP contribution is 2.36. The Morgan fingerprint density at radius 1 is 1.33 bits per heavy atom. The summed E-state index contributed by atoms with van der Waals surface area (Å²) in [4.78, 5) is 8.81. The smallest absolute Gasteiger partial charge is 0.186 e. The van der Waals surface area contributed by atoms with Gasteiger partial charge in [-0.15, -0.1) is 11.3 Å². The Kier molecular flexibility index (Phi) is 4.82. The van der Waals surface area contributed by atoms with Crippen LogP contribution in [0.25, 0.3) is 0 Å². The van der Waals surface area contributed by atoms with Gasteiger partial charge in [0.15, 0.2) is 5.13 Å². The van der Waals surface area contributed by atoms with Crippen LogP contribution in [-0.4, -0.2) is 30.2 Å². The molecular weight excluding hydrogens is 282 g/mol. The van der Waals surface area contributed by atoms with E-state index in [2.05, 4.69) is 24.1 Å². The van der Waals surface area contributed by atoms with Crippen LogP contribution in [0.15, 0.2) is 0 Å². The molecule has 1 aliphatic carbocycles. The summed E-state index contributed by atoms with van der Waals surface area (Å²) in [5.74, 6) is 0. The average molecular weight is 309 g/mol. The highest BCUT2D eigenvalue weighted by atomic mass is 32.1. The van der Waals surface area contributed by atoms with Crippen molar-refractivity contribution < 1.29 is 4.74 Å². The predicted octanol–water partition coefficient (Wildman–Crippen LogP) is 3.31. The van der Waals surface area contributed by atoms with E-state index in [-0.39, 0.29) is 0 Å². The largest absolute Gasteiger partial charge is 0.378 e. The van der Waals surface area contributed by atoms with E-state index in [4.69, 9.17) is 9.72 Å². The van der Waals surface area contributed by atoms with E-state index in [0.717, 1.165) is 18.3 Å². The maximum Gasteiger partial charge on any atom is 0.186 e. The molecule has 118 valence electrons. The van der Waals surface area contributed by atoms with Crippen LogP contribution in [0.3, 0.4) is 0 Å². The van der Waals surface area contributed by atoms with Gasteiger partial charge < -0.3 is 15.0 Å². The van der Waals surface area contributed by atoms with E-state index in [1.807, 2.05) is 11.3 Å². The van der Waals surface area contributed by atoms with Crippen molar-refractivity contribution in [3.8, 4) is 0 Å². The number of hydrogen-bond donors (Lipinski definition) is 1. The summed E-state index contributed by atoms with van der Waals surface area (Å²) in [6.07, 6.45) is 6.44. The van der Waals surface area contributed by atoms with Crippen molar-refractivity contribution in [3.63, 3.8) is 0 Å². The first-order chi connectivity index (χ1) is 10.2. The number of anilines is 1. The molecule has 0 bridgehead atoms. The number of hydrogen-bond acceptors (Lipinski definition) is 5. The fourth-order valence-electron chi connectivity index (χ4n) is 3.21. The minimum Gasteiger partial charge on any atom is -0.378 e. The first-order valence-corrected chi connectivity index (χ1v) is 9.03. The summed E-state index contributed by atoms with van der Waals surface area (Å²) in [5.41, 5.74) is 1.12. The lowest BCUT2D eigenvalue weighted by Crippen LogP contribution is -2.33. The number of aromatic nitrogens is 1. The van der Waals surface area contributed by atoms with E-state index in [9.17, 15) is 0 Å². The molecule has 2 atom stereocenters. The second kappa shape index (κ2) is 6.63. The van der Waals surface area contributed by atoms with E-state index < -0.39 is 0 Å². The van der Waals surface area contributed by atoms with Gasteiger partial charge in [0.1, 0.15) is 0 Å². The summed E-state index contributed by atoms with van der Waals surface area (Å²) >= 11 is 1.86. The molecule has 2 aliphatic rings. The van der Waals surface area contributed by atoms with E-state index in [1.54, 1.807) is 7.11 Å². The Bertz CT molecular complexity index is 472. The van der Waals surface area contributed by atoms with Crippen LogP contribution in [0.2, 0.25) is 0 Å². The first kappa shape index (κ1) is 15.3. The molecule has 1 aliphatic heterocycles. The average Bonchev–Trinajstić information content (AvgIpc) is 3.12. The monoisotopic (exact) mass is 309 g/mol. The Labute approximate surface area is 131 Å². The van der Waals surface area contributed by atoms with Gasteiger partial charge in [0.25, 0.3) is 0 Å². The fourth-order valence-corrected chi connectivity index (χ4v) is 4.40. The molecule has 1 aromatic rings. The zero-order valence-electron chi connectivity index (χ0n) is 13.4. The fraction of sp³-hybridized carbons (Fsp3) is 0.812. The number of nitrogens with zero attached hydrogens (tertiary/aromatic N) is 2. The first-order valence-electron chi connectivity index (χ1n) is 8.22. The molecule has 21 heavy (non-hydrogen) atoms. The van der Waals surface area contributed by atoms with Gasteiger partial charge >= 0.3 is 0 Å². The van der Waals surface area contributed by atoms with Crippen molar-refractivity contribution in [3.05, 3.63) is 10.6 Å². The van der Waals surface area contributed by atoms with Gasteiger partial charge in [0.05, 0.1) is 12.3 Å². The number of thiazole rings is 1. The number of rotatable bonds is 7. The van der Waals surface area contributed by atoms with Gasteiger partial charge in [-0.2, -0.15) is 0 Å². The number of nitrogens with one attached hydrogen (secondary N) is 1. The van der Waals surface area contributed by atoms with Crippen LogP contribution >= 0.6 is 11.3 Å². The van der Waals surface area contributed by atoms with Gasteiger partial charge in [-0.05, 0) is 39.0 Å². The molecule has 1 saturated carbocycles. The second-order valence-corrected chi connectivity index (χ2v) is 7.41. The normalized spacial score (nSPS) is 25.8. The van der Waals surface area contributed by atoms with Gasteiger partial charge in [0.2, 0.25) is 0 Å². The summed E-state index contributed by atoms with van der Waals surface area (Å²) < 4.78 is 5.34. The maximum atomic E-state index is 5.34. The van der Waals surface area contributed by atoms with E-state index >= 15 is 0 Å². The zero-order chi connectivity index (χ0) is 14.8. The zero-order valence-corrected chi connectivity index (χ0v) is 14.2. The molecular formula is C16H27N3OS. The number of methoxy groups -OCH3 is 1. The lowest BCUT2D eigenvalue weighted by Gasteiger charge is -2.27. The van der Waals surface area contributed by atoms with Crippen molar-refractivity contribution in [2.45, 2.75) is 77.2 Å². The minimum atomic E-state index is 0.612. The van der Waals surface area contributed by atoms with Crippen molar-refractivity contribution in [1.82, 2.24) is 10.3 Å². The molecule has 2 fully saturated rings. The van der Waals surface area contributed by atoms with Crippen LogP contribution in [0.5, 0.6) is 0 Å². The summed E-state index contributed by atoms with van der Waals surface area (Å²) in [7, 11) is 1.75. The molecule has 2 unspecified atom stereocenters. The molecule has 5 heteroatoms. The van der Waals surface area contributed by atoms with Crippen LogP contribution in [0.4, 0.5) is 5.13 Å². The Morgan fingerprint density at radius 3 is 2.81 bits per heavy atom. The molecule has 4 nitrogen and oxygen atoms in total. The predicted molar refractivity (Wildman–Crippen MR) is 87.9 cm³/mol. The molecule has 0 aromatic carbocycles. The highest BCUT2D eigenvalue weighted by Gasteiger charge is 2.32. The van der Waals surface area contributed by atoms with Crippen molar-refractivity contribution in [2.24, 2.45) is 0 Å². The molecule has 0 amide bonds. The molecule has 2 heterocycles. The standard InChI is InChI=1S/C16H27N3OS/c1-4-13-8-5-11(2)19(13)16-18-14(10-20-3)15(21-16)9-17-12-6-7-12/h11-13,17H,4-10H2,1-3H3. The van der Waals surface area contributed by atoms with Crippen molar-refractivity contribution >= 4 is 16.5 Å². The van der Waals surface area contributed by atoms with Crippen molar-refractivity contribution in [1.29, 1.82) is 0 Å². The molecule has 0 spiro atoms. The third-order valence-electron chi connectivity index (χ3n) is 4.65. The SMILES string of the molecule is CCC1CCC(C)N1c1nc(COC)c(CNC2CC2)s1. The molecule has 0 radical (unpaired) electrons. The van der Waals surface area contributed by atoms with Crippen LogP contribution in [0, 0.1) is 0 Å².